The molecular formula is C27H25BrN4OS. The number of nitrogens with zero attached hydrogens (tertiary/aromatic N) is 3. The molecule has 5 rings (SSSR count). The highest BCUT2D eigenvalue weighted by molar-refractivity contribution is 9.10. The zero-order chi connectivity index (χ0) is 24.0. The van der Waals surface area contributed by atoms with Gasteiger partial charge in [0.15, 0.2) is 5.11 Å². The molecule has 0 radical (unpaired) electrons. The molecule has 1 saturated heterocycles. The molecule has 1 aliphatic heterocycles. The molecule has 0 spiro atoms. The van der Waals surface area contributed by atoms with E-state index in [1.54, 1.807) is 12.1 Å². The molecule has 2 aromatic carbocycles. The molecule has 0 saturated carbocycles. The number of rotatable bonds is 4. The second kappa shape index (κ2) is 8.89. The van der Waals surface area contributed by atoms with Crippen molar-refractivity contribution in [3.05, 3.63) is 106 Å². The van der Waals surface area contributed by atoms with Gasteiger partial charge in [-0.05, 0) is 105 Å². The minimum atomic E-state index is -0.105. The number of halogens is 1. The monoisotopic (exact) mass is 532 g/mol. The summed E-state index contributed by atoms with van der Waals surface area (Å²) in [5.41, 5.74) is 7.55. The number of anilines is 1. The highest BCUT2D eigenvalue weighted by Gasteiger charge is 2.42. The normalized spacial score (nSPS) is 17.8. The fourth-order valence-electron chi connectivity index (χ4n) is 4.81. The number of phenolic OH excluding ortho intramolecular Hbond substituents is 1. The van der Waals surface area contributed by atoms with Crippen LogP contribution in [0, 0.1) is 20.8 Å². The largest absolute Gasteiger partial charge is 0.508 e. The Morgan fingerprint density at radius 1 is 0.971 bits per heavy atom. The molecule has 34 heavy (non-hydrogen) atoms. The third-order valence-corrected chi connectivity index (χ3v) is 7.62. The Balaban J connectivity index is 1.68. The number of aryl methyl sites for hydroxylation is 2. The molecule has 3 heterocycles. The quantitative estimate of drug-likeness (QED) is 0.296. The number of aromatic nitrogens is 2. The molecule has 5 nitrogen and oxygen atoms in total. The first-order chi connectivity index (χ1) is 16.3. The lowest BCUT2D eigenvalue weighted by Gasteiger charge is -2.28. The average Bonchev–Trinajstić information content (AvgIpc) is 3.32. The molecule has 2 atom stereocenters. The van der Waals surface area contributed by atoms with Crippen molar-refractivity contribution in [2.75, 3.05) is 4.90 Å². The molecule has 0 bridgehead atoms. The van der Waals surface area contributed by atoms with Crippen LogP contribution in [0.15, 0.2) is 77.4 Å². The second-order valence-electron chi connectivity index (χ2n) is 8.61. The topological polar surface area (TPSA) is 53.3 Å². The maximum atomic E-state index is 9.76. The van der Waals surface area contributed by atoms with Crippen LogP contribution < -0.4 is 10.2 Å². The number of aromatic hydroxyl groups is 1. The smallest absolute Gasteiger partial charge is 0.174 e. The van der Waals surface area contributed by atoms with Gasteiger partial charge >= 0.3 is 0 Å². The van der Waals surface area contributed by atoms with Crippen LogP contribution >= 0.6 is 28.1 Å². The summed E-state index contributed by atoms with van der Waals surface area (Å²) in [6.45, 7) is 6.33. The highest BCUT2D eigenvalue weighted by atomic mass is 79.9. The number of phenols is 1. The summed E-state index contributed by atoms with van der Waals surface area (Å²) >= 11 is 9.50. The van der Waals surface area contributed by atoms with Gasteiger partial charge in [0.1, 0.15) is 5.75 Å². The predicted octanol–water partition coefficient (Wildman–Crippen LogP) is 6.44. The van der Waals surface area contributed by atoms with E-state index in [0.29, 0.717) is 5.11 Å². The summed E-state index contributed by atoms with van der Waals surface area (Å²) in [6, 6.07) is 21.6. The molecule has 7 heteroatoms. The number of pyridine rings is 1. The third kappa shape index (κ3) is 3.89. The van der Waals surface area contributed by atoms with E-state index >= 15 is 0 Å². The molecule has 1 fully saturated rings. The summed E-state index contributed by atoms with van der Waals surface area (Å²) in [5.74, 6) is 0.253. The first-order valence-electron chi connectivity index (χ1n) is 11.1. The predicted molar refractivity (Wildman–Crippen MR) is 144 cm³/mol. The van der Waals surface area contributed by atoms with Gasteiger partial charge in [0.2, 0.25) is 0 Å². The van der Waals surface area contributed by atoms with E-state index in [0.717, 1.165) is 38.5 Å². The van der Waals surface area contributed by atoms with Crippen molar-refractivity contribution in [3.8, 4) is 11.4 Å². The molecule has 1 aliphatic rings. The van der Waals surface area contributed by atoms with Gasteiger partial charge in [-0.15, -0.1) is 0 Å². The van der Waals surface area contributed by atoms with E-state index in [1.807, 2.05) is 36.5 Å². The summed E-state index contributed by atoms with van der Waals surface area (Å²) in [7, 11) is 0. The lowest BCUT2D eigenvalue weighted by molar-refractivity contribution is 0.475. The van der Waals surface area contributed by atoms with Gasteiger partial charge < -0.3 is 19.9 Å². The number of nitrogens with one attached hydrogen (secondary N) is 1. The standard InChI is InChI=1S/C27H25BrN4OS/c1-16-14-20(9-12-23(16)28)32-26(25(30-27(32)34)24-6-4-5-13-29-24)22-15-17(2)31(18(22)3)19-7-10-21(33)11-8-19/h4-15,25-26,33H,1-3H3,(H,30,34)/t25-,26+/m0/s1. The van der Waals surface area contributed by atoms with E-state index in [4.69, 9.17) is 12.2 Å². The third-order valence-electron chi connectivity index (χ3n) is 6.41. The van der Waals surface area contributed by atoms with Gasteiger partial charge in [0.05, 0.1) is 17.8 Å². The van der Waals surface area contributed by atoms with Crippen LogP contribution in [0.3, 0.4) is 0 Å². The van der Waals surface area contributed by atoms with Gasteiger partial charge in [-0.25, -0.2) is 0 Å². The summed E-state index contributed by atoms with van der Waals surface area (Å²) in [4.78, 5) is 6.87. The fraction of sp³-hybridized carbons (Fsp3) is 0.185. The summed E-state index contributed by atoms with van der Waals surface area (Å²) < 4.78 is 3.29. The Kier molecular flexibility index (Phi) is 5.91. The minimum Gasteiger partial charge on any atom is -0.508 e. The van der Waals surface area contributed by atoms with E-state index in [-0.39, 0.29) is 17.8 Å². The number of hydrogen-bond acceptors (Lipinski definition) is 3. The van der Waals surface area contributed by atoms with Crippen LogP contribution in [0.1, 0.15) is 40.3 Å². The zero-order valence-electron chi connectivity index (χ0n) is 19.2. The molecule has 172 valence electrons. The number of hydrogen-bond donors (Lipinski definition) is 2. The highest BCUT2D eigenvalue weighted by Crippen LogP contribution is 2.44. The van der Waals surface area contributed by atoms with Crippen LogP contribution in [-0.2, 0) is 0 Å². The van der Waals surface area contributed by atoms with Gasteiger partial charge in [0, 0.05) is 33.4 Å². The van der Waals surface area contributed by atoms with Crippen molar-refractivity contribution in [1.29, 1.82) is 0 Å². The van der Waals surface area contributed by atoms with Gasteiger partial charge in [-0.2, -0.15) is 0 Å². The van der Waals surface area contributed by atoms with E-state index in [2.05, 4.69) is 80.7 Å². The van der Waals surface area contributed by atoms with Crippen LogP contribution in [-0.4, -0.2) is 19.8 Å². The summed E-state index contributed by atoms with van der Waals surface area (Å²) in [5, 5.41) is 14.0. The van der Waals surface area contributed by atoms with E-state index in [1.165, 1.54) is 5.56 Å². The number of benzene rings is 2. The first-order valence-corrected chi connectivity index (χ1v) is 12.3. The minimum absolute atomic E-state index is 0.0833. The van der Waals surface area contributed by atoms with Crippen LogP contribution in [0.2, 0.25) is 0 Å². The van der Waals surface area contributed by atoms with Crippen molar-refractivity contribution < 1.29 is 5.11 Å². The van der Waals surface area contributed by atoms with E-state index in [9.17, 15) is 5.11 Å². The van der Waals surface area contributed by atoms with Crippen LogP contribution in [0.25, 0.3) is 5.69 Å². The van der Waals surface area contributed by atoms with Crippen molar-refractivity contribution in [2.24, 2.45) is 0 Å². The molecule has 0 unspecified atom stereocenters. The molecular weight excluding hydrogens is 508 g/mol. The van der Waals surface area contributed by atoms with Gasteiger partial charge in [-0.3, -0.25) is 4.98 Å². The van der Waals surface area contributed by atoms with Crippen molar-refractivity contribution >= 4 is 38.9 Å². The Labute approximate surface area is 213 Å². The SMILES string of the molecule is Cc1cc(N2C(=S)N[C@@H](c3ccccn3)[C@H]2c2cc(C)n(-c3ccc(O)cc3)c2C)ccc1Br. The fourth-order valence-corrected chi connectivity index (χ4v) is 5.41. The Hall–Kier alpha value is -3.16. The van der Waals surface area contributed by atoms with Crippen LogP contribution in [0.5, 0.6) is 5.75 Å². The van der Waals surface area contributed by atoms with Crippen molar-refractivity contribution in [2.45, 2.75) is 32.9 Å². The maximum absolute atomic E-state index is 9.76. The Bertz CT molecular complexity index is 1370. The van der Waals surface area contributed by atoms with Gasteiger partial charge in [0.25, 0.3) is 0 Å². The molecule has 0 aliphatic carbocycles. The van der Waals surface area contributed by atoms with Crippen molar-refractivity contribution in [3.63, 3.8) is 0 Å². The lowest BCUT2D eigenvalue weighted by atomic mass is 9.96. The zero-order valence-corrected chi connectivity index (χ0v) is 21.6. The van der Waals surface area contributed by atoms with Crippen molar-refractivity contribution in [1.82, 2.24) is 14.9 Å². The van der Waals surface area contributed by atoms with E-state index < -0.39 is 0 Å². The summed E-state index contributed by atoms with van der Waals surface area (Å²) in [6.07, 6.45) is 1.82. The Morgan fingerprint density at radius 3 is 2.38 bits per heavy atom. The number of thiocarbonyl (C=S) groups is 1. The first kappa shape index (κ1) is 22.6. The maximum Gasteiger partial charge on any atom is 0.174 e. The molecule has 2 N–H and O–H groups in total. The average molecular weight is 533 g/mol. The Morgan fingerprint density at radius 2 is 1.71 bits per heavy atom. The lowest BCUT2D eigenvalue weighted by Crippen LogP contribution is -2.29. The molecule has 0 amide bonds. The molecule has 2 aromatic heterocycles. The second-order valence-corrected chi connectivity index (χ2v) is 9.85. The molecule has 4 aromatic rings. The van der Waals surface area contributed by atoms with Crippen LogP contribution in [0.4, 0.5) is 5.69 Å². The van der Waals surface area contributed by atoms with Gasteiger partial charge in [-0.1, -0.05) is 22.0 Å².